The minimum atomic E-state index is -0.263. The van der Waals surface area contributed by atoms with Gasteiger partial charge in [-0.05, 0) is 30.5 Å². The SMILES string of the molecule is CN(CC1CC(c2ccc(F)cc2)=NO1)C(=O)C1CCC1. The molecule has 1 saturated carbocycles. The predicted octanol–water partition coefficient (Wildman–Crippen LogP) is 2.58. The Morgan fingerprint density at radius 1 is 1.38 bits per heavy atom. The molecule has 5 heteroatoms. The van der Waals surface area contributed by atoms with Gasteiger partial charge in [0.2, 0.25) is 5.91 Å². The first-order valence-electron chi connectivity index (χ1n) is 7.37. The van der Waals surface area contributed by atoms with Crippen LogP contribution in [0.15, 0.2) is 29.4 Å². The maximum absolute atomic E-state index is 12.9. The Bertz CT molecular complexity index is 552. The van der Waals surface area contributed by atoms with Crippen LogP contribution in [0.25, 0.3) is 0 Å². The molecule has 0 bridgehead atoms. The average Bonchev–Trinajstić information content (AvgIpc) is 2.86. The molecule has 1 amide bonds. The van der Waals surface area contributed by atoms with E-state index in [1.54, 1.807) is 17.0 Å². The average molecular weight is 290 g/mol. The zero-order valence-corrected chi connectivity index (χ0v) is 12.1. The van der Waals surface area contributed by atoms with Crippen molar-refractivity contribution in [3.8, 4) is 0 Å². The molecule has 1 aliphatic carbocycles. The largest absolute Gasteiger partial charge is 0.390 e. The van der Waals surface area contributed by atoms with Crippen LogP contribution < -0.4 is 0 Å². The number of hydrogen-bond acceptors (Lipinski definition) is 3. The van der Waals surface area contributed by atoms with Gasteiger partial charge >= 0.3 is 0 Å². The second-order valence-corrected chi connectivity index (χ2v) is 5.82. The third-order valence-electron chi connectivity index (χ3n) is 4.22. The quantitative estimate of drug-likeness (QED) is 0.855. The van der Waals surface area contributed by atoms with E-state index in [1.807, 2.05) is 7.05 Å². The number of halogens is 1. The molecule has 1 atom stereocenters. The smallest absolute Gasteiger partial charge is 0.225 e. The van der Waals surface area contributed by atoms with E-state index in [9.17, 15) is 9.18 Å². The van der Waals surface area contributed by atoms with Gasteiger partial charge in [-0.15, -0.1) is 0 Å². The molecule has 21 heavy (non-hydrogen) atoms. The van der Waals surface area contributed by atoms with Gasteiger partial charge in [-0.1, -0.05) is 23.7 Å². The summed E-state index contributed by atoms with van der Waals surface area (Å²) in [6.07, 6.45) is 3.70. The maximum Gasteiger partial charge on any atom is 0.225 e. The Hall–Kier alpha value is -1.91. The molecule has 1 aromatic carbocycles. The second-order valence-electron chi connectivity index (χ2n) is 5.82. The van der Waals surface area contributed by atoms with Gasteiger partial charge in [-0.25, -0.2) is 4.39 Å². The molecule has 1 aromatic rings. The molecule has 0 N–H and O–H groups in total. The van der Waals surface area contributed by atoms with E-state index < -0.39 is 0 Å². The predicted molar refractivity (Wildman–Crippen MR) is 77.4 cm³/mol. The lowest BCUT2D eigenvalue weighted by molar-refractivity contribution is -0.138. The molecule has 0 aromatic heterocycles. The maximum atomic E-state index is 12.9. The number of rotatable bonds is 4. The van der Waals surface area contributed by atoms with Crippen LogP contribution in [0.3, 0.4) is 0 Å². The second kappa shape index (κ2) is 5.84. The molecule has 1 fully saturated rings. The summed E-state index contributed by atoms with van der Waals surface area (Å²) in [5.74, 6) is 0.148. The molecule has 2 aliphatic rings. The van der Waals surface area contributed by atoms with E-state index in [0.717, 1.165) is 30.5 Å². The molecule has 1 aliphatic heterocycles. The number of amides is 1. The van der Waals surface area contributed by atoms with E-state index >= 15 is 0 Å². The highest BCUT2D eigenvalue weighted by molar-refractivity contribution is 6.01. The van der Waals surface area contributed by atoms with Crippen LogP contribution in [0.2, 0.25) is 0 Å². The molecule has 3 rings (SSSR count). The van der Waals surface area contributed by atoms with E-state index in [1.165, 1.54) is 12.1 Å². The summed E-state index contributed by atoms with van der Waals surface area (Å²) >= 11 is 0. The van der Waals surface area contributed by atoms with Crippen molar-refractivity contribution >= 4 is 11.6 Å². The summed E-state index contributed by atoms with van der Waals surface area (Å²) in [5, 5.41) is 4.06. The number of benzene rings is 1. The Morgan fingerprint density at radius 2 is 2.10 bits per heavy atom. The van der Waals surface area contributed by atoms with Crippen LogP contribution in [0, 0.1) is 11.7 Å². The van der Waals surface area contributed by atoms with Crippen molar-refractivity contribution in [3.63, 3.8) is 0 Å². The molecule has 0 spiro atoms. The van der Waals surface area contributed by atoms with Crippen LogP contribution in [-0.2, 0) is 9.63 Å². The third kappa shape index (κ3) is 3.06. The highest BCUT2D eigenvalue weighted by atomic mass is 19.1. The van der Waals surface area contributed by atoms with E-state index in [2.05, 4.69) is 5.16 Å². The first kappa shape index (κ1) is 14.0. The fourth-order valence-corrected chi connectivity index (χ4v) is 2.70. The van der Waals surface area contributed by atoms with Crippen molar-refractivity contribution in [1.82, 2.24) is 4.90 Å². The first-order valence-corrected chi connectivity index (χ1v) is 7.37. The molecule has 1 heterocycles. The van der Waals surface area contributed by atoms with Gasteiger partial charge in [0, 0.05) is 19.4 Å². The highest BCUT2D eigenvalue weighted by Crippen LogP contribution is 2.28. The number of oxime groups is 1. The molecular formula is C16H19FN2O2. The molecule has 4 nitrogen and oxygen atoms in total. The van der Waals surface area contributed by atoms with E-state index in [4.69, 9.17) is 4.84 Å². The molecule has 0 saturated heterocycles. The van der Waals surface area contributed by atoms with Crippen LogP contribution >= 0.6 is 0 Å². The number of hydrogen-bond donors (Lipinski definition) is 0. The minimum absolute atomic E-state index is 0.112. The molecule has 0 radical (unpaired) electrons. The summed E-state index contributed by atoms with van der Waals surface area (Å²) in [4.78, 5) is 19.2. The number of likely N-dealkylation sites (N-methyl/N-ethyl adjacent to an activating group) is 1. The van der Waals surface area contributed by atoms with Gasteiger partial charge in [-0.2, -0.15) is 0 Å². The van der Waals surface area contributed by atoms with Crippen molar-refractivity contribution in [3.05, 3.63) is 35.6 Å². The zero-order valence-electron chi connectivity index (χ0n) is 12.1. The van der Waals surface area contributed by atoms with Crippen molar-refractivity contribution in [2.24, 2.45) is 11.1 Å². The van der Waals surface area contributed by atoms with Gasteiger partial charge < -0.3 is 9.74 Å². The summed E-state index contributed by atoms with van der Waals surface area (Å²) in [6.45, 7) is 0.545. The van der Waals surface area contributed by atoms with Gasteiger partial charge in [0.15, 0.2) is 6.10 Å². The van der Waals surface area contributed by atoms with Crippen LogP contribution in [0.1, 0.15) is 31.2 Å². The lowest BCUT2D eigenvalue weighted by atomic mass is 9.84. The van der Waals surface area contributed by atoms with Crippen LogP contribution in [0.5, 0.6) is 0 Å². The van der Waals surface area contributed by atoms with E-state index in [0.29, 0.717) is 13.0 Å². The van der Waals surface area contributed by atoms with Crippen molar-refractivity contribution in [2.45, 2.75) is 31.8 Å². The Morgan fingerprint density at radius 3 is 2.71 bits per heavy atom. The van der Waals surface area contributed by atoms with Gasteiger partial charge in [0.1, 0.15) is 5.82 Å². The lowest BCUT2D eigenvalue weighted by Gasteiger charge is -2.30. The van der Waals surface area contributed by atoms with Crippen LogP contribution in [0.4, 0.5) is 4.39 Å². The number of carbonyl (C=O) groups is 1. The monoisotopic (exact) mass is 290 g/mol. The van der Waals surface area contributed by atoms with Crippen molar-refractivity contribution in [2.75, 3.05) is 13.6 Å². The van der Waals surface area contributed by atoms with Gasteiger partial charge in [0.05, 0.1) is 12.3 Å². The molecule has 1 unspecified atom stereocenters. The standard InChI is InChI=1S/C16H19FN2O2/c1-19(16(20)12-3-2-4-12)10-14-9-15(18-21-14)11-5-7-13(17)8-6-11/h5-8,12,14H,2-4,9-10H2,1H3. The Kier molecular flexibility index (Phi) is 3.90. The topological polar surface area (TPSA) is 41.9 Å². The number of nitrogens with zero attached hydrogens (tertiary/aromatic N) is 2. The first-order chi connectivity index (χ1) is 10.1. The van der Waals surface area contributed by atoms with Crippen molar-refractivity contribution in [1.29, 1.82) is 0 Å². The summed E-state index contributed by atoms with van der Waals surface area (Å²) < 4.78 is 12.9. The summed E-state index contributed by atoms with van der Waals surface area (Å²) in [7, 11) is 1.82. The normalized spacial score (nSPS) is 21.4. The number of carbonyl (C=O) groups excluding carboxylic acids is 1. The van der Waals surface area contributed by atoms with Crippen molar-refractivity contribution < 1.29 is 14.0 Å². The Labute approximate surface area is 123 Å². The fraction of sp³-hybridized carbons (Fsp3) is 0.500. The fourth-order valence-electron chi connectivity index (χ4n) is 2.70. The summed E-state index contributed by atoms with van der Waals surface area (Å²) in [5.41, 5.74) is 1.68. The Balaban J connectivity index is 1.53. The summed E-state index contributed by atoms with van der Waals surface area (Å²) in [6, 6.07) is 6.22. The third-order valence-corrected chi connectivity index (χ3v) is 4.22. The minimum Gasteiger partial charge on any atom is -0.390 e. The van der Waals surface area contributed by atoms with Crippen LogP contribution in [-0.4, -0.2) is 36.2 Å². The van der Waals surface area contributed by atoms with E-state index in [-0.39, 0.29) is 23.7 Å². The van der Waals surface area contributed by atoms with Gasteiger partial charge in [-0.3, -0.25) is 4.79 Å². The van der Waals surface area contributed by atoms with Gasteiger partial charge in [0.25, 0.3) is 0 Å². The molecular weight excluding hydrogens is 271 g/mol. The lowest BCUT2D eigenvalue weighted by Crippen LogP contribution is -2.40. The zero-order chi connectivity index (χ0) is 14.8. The highest BCUT2D eigenvalue weighted by Gasteiger charge is 2.31. The molecule has 112 valence electrons.